The molecule has 156 valence electrons. The zero-order valence-corrected chi connectivity index (χ0v) is 18.0. The smallest absolute Gasteiger partial charge is 0.242 e. The van der Waals surface area contributed by atoms with Gasteiger partial charge in [0.05, 0.1) is 14.2 Å². The second-order valence-electron chi connectivity index (χ2n) is 6.68. The topological polar surface area (TPSA) is 67.9 Å². The minimum absolute atomic E-state index is 0.164. The van der Waals surface area contributed by atoms with Gasteiger partial charge in [-0.05, 0) is 48.7 Å². The van der Waals surface area contributed by atoms with Gasteiger partial charge in [-0.3, -0.25) is 9.59 Å². The molecule has 29 heavy (non-hydrogen) atoms. The van der Waals surface area contributed by atoms with Crippen LogP contribution in [0.15, 0.2) is 42.5 Å². The van der Waals surface area contributed by atoms with E-state index in [0.29, 0.717) is 36.0 Å². The number of halogens is 1. The Labute approximate surface area is 176 Å². The SMILES string of the molecule is COc1ccc(CCNC(=O)C(C)N(Cc2ccc(Cl)cc2)C(C)=O)cc1OC. The lowest BCUT2D eigenvalue weighted by atomic mass is 10.1. The minimum Gasteiger partial charge on any atom is -0.493 e. The summed E-state index contributed by atoms with van der Waals surface area (Å²) in [6.45, 7) is 3.98. The van der Waals surface area contributed by atoms with Crippen LogP contribution in [-0.2, 0) is 22.6 Å². The Morgan fingerprint density at radius 3 is 2.24 bits per heavy atom. The van der Waals surface area contributed by atoms with Crippen molar-refractivity contribution in [2.75, 3.05) is 20.8 Å². The van der Waals surface area contributed by atoms with Gasteiger partial charge < -0.3 is 19.7 Å². The number of carbonyl (C=O) groups is 2. The average molecular weight is 419 g/mol. The number of hydrogen-bond donors (Lipinski definition) is 1. The van der Waals surface area contributed by atoms with Crippen molar-refractivity contribution in [2.24, 2.45) is 0 Å². The molecule has 0 spiro atoms. The van der Waals surface area contributed by atoms with E-state index in [4.69, 9.17) is 21.1 Å². The lowest BCUT2D eigenvalue weighted by molar-refractivity contribution is -0.138. The van der Waals surface area contributed by atoms with Gasteiger partial charge in [-0.25, -0.2) is 0 Å². The fourth-order valence-corrected chi connectivity index (χ4v) is 3.09. The van der Waals surface area contributed by atoms with E-state index in [1.165, 1.54) is 11.8 Å². The van der Waals surface area contributed by atoms with Gasteiger partial charge in [0, 0.05) is 25.0 Å². The van der Waals surface area contributed by atoms with E-state index in [2.05, 4.69) is 5.32 Å². The molecule has 2 aromatic carbocycles. The van der Waals surface area contributed by atoms with Crippen molar-refractivity contribution in [3.05, 3.63) is 58.6 Å². The van der Waals surface area contributed by atoms with Gasteiger partial charge in [-0.15, -0.1) is 0 Å². The number of hydrogen-bond acceptors (Lipinski definition) is 4. The normalized spacial score (nSPS) is 11.5. The summed E-state index contributed by atoms with van der Waals surface area (Å²) in [6.07, 6.45) is 0.635. The zero-order valence-electron chi connectivity index (χ0n) is 17.2. The van der Waals surface area contributed by atoms with Crippen molar-refractivity contribution < 1.29 is 19.1 Å². The monoisotopic (exact) mass is 418 g/mol. The van der Waals surface area contributed by atoms with Crippen molar-refractivity contribution in [3.63, 3.8) is 0 Å². The van der Waals surface area contributed by atoms with Crippen molar-refractivity contribution in [1.82, 2.24) is 10.2 Å². The van der Waals surface area contributed by atoms with Crippen LogP contribution in [0.1, 0.15) is 25.0 Å². The van der Waals surface area contributed by atoms with Gasteiger partial charge in [0.1, 0.15) is 6.04 Å². The minimum atomic E-state index is -0.589. The molecule has 0 aliphatic rings. The van der Waals surface area contributed by atoms with Crippen LogP contribution < -0.4 is 14.8 Å². The van der Waals surface area contributed by atoms with E-state index in [0.717, 1.165) is 11.1 Å². The summed E-state index contributed by atoms with van der Waals surface area (Å²) >= 11 is 5.91. The number of nitrogens with zero attached hydrogens (tertiary/aromatic N) is 1. The Balaban J connectivity index is 1.94. The first-order chi connectivity index (χ1) is 13.8. The molecule has 0 aromatic heterocycles. The number of rotatable bonds is 9. The molecule has 1 N–H and O–H groups in total. The van der Waals surface area contributed by atoms with E-state index in [9.17, 15) is 9.59 Å². The summed E-state index contributed by atoms with van der Waals surface area (Å²) in [5, 5.41) is 3.53. The van der Waals surface area contributed by atoms with Crippen LogP contribution in [0.2, 0.25) is 5.02 Å². The van der Waals surface area contributed by atoms with Gasteiger partial charge in [0.15, 0.2) is 11.5 Å². The molecule has 0 saturated heterocycles. The number of methoxy groups -OCH3 is 2. The third-order valence-corrected chi connectivity index (χ3v) is 4.93. The first kappa shape index (κ1) is 22.6. The number of carbonyl (C=O) groups excluding carboxylic acids is 2. The largest absolute Gasteiger partial charge is 0.493 e. The van der Waals surface area contributed by atoms with Crippen molar-refractivity contribution in [3.8, 4) is 11.5 Å². The molecule has 2 amide bonds. The highest BCUT2D eigenvalue weighted by Gasteiger charge is 2.23. The Hall–Kier alpha value is -2.73. The van der Waals surface area contributed by atoms with Crippen LogP contribution in [0, 0.1) is 0 Å². The van der Waals surface area contributed by atoms with Crippen LogP contribution in [0.25, 0.3) is 0 Å². The number of nitrogens with one attached hydrogen (secondary N) is 1. The zero-order chi connectivity index (χ0) is 21.4. The van der Waals surface area contributed by atoms with E-state index in [-0.39, 0.29) is 11.8 Å². The Morgan fingerprint density at radius 1 is 1.03 bits per heavy atom. The fourth-order valence-electron chi connectivity index (χ4n) is 2.96. The molecular weight excluding hydrogens is 392 g/mol. The van der Waals surface area contributed by atoms with Gasteiger partial charge in [0.25, 0.3) is 0 Å². The summed E-state index contributed by atoms with van der Waals surface area (Å²) in [6, 6.07) is 12.3. The predicted octanol–water partition coefficient (Wildman–Crippen LogP) is 3.45. The quantitative estimate of drug-likeness (QED) is 0.677. The maximum Gasteiger partial charge on any atom is 0.242 e. The van der Waals surface area contributed by atoms with E-state index < -0.39 is 6.04 Å². The van der Waals surface area contributed by atoms with Gasteiger partial charge in [-0.1, -0.05) is 29.8 Å². The highest BCUT2D eigenvalue weighted by atomic mass is 35.5. The number of amides is 2. The second-order valence-corrected chi connectivity index (χ2v) is 7.12. The number of benzene rings is 2. The second kappa shape index (κ2) is 10.7. The van der Waals surface area contributed by atoms with Gasteiger partial charge >= 0.3 is 0 Å². The van der Waals surface area contributed by atoms with Crippen molar-refractivity contribution in [1.29, 1.82) is 0 Å². The summed E-state index contributed by atoms with van der Waals surface area (Å²) < 4.78 is 10.5. The van der Waals surface area contributed by atoms with E-state index in [1.54, 1.807) is 33.3 Å². The third kappa shape index (κ3) is 6.39. The summed E-state index contributed by atoms with van der Waals surface area (Å²) in [7, 11) is 3.17. The van der Waals surface area contributed by atoms with Crippen molar-refractivity contribution in [2.45, 2.75) is 32.9 Å². The molecular formula is C22H27ClN2O4. The molecule has 0 fully saturated rings. The standard InChI is InChI=1S/C22H27ClN2O4/c1-15(25(16(2)26)14-18-5-8-19(23)9-6-18)22(27)24-12-11-17-7-10-20(28-3)21(13-17)29-4/h5-10,13,15H,11-12,14H2,1-4H3,(H,24,27). The summed E-state index contributed by atoms with van der Waals surface area (Å²) in [5.74, 6) is 0.945. The molecule has 0 saturated carbocycles. The maximum absolute atomic E-state index is 12.6. The van der Waals surface area contributed by atoms with Crippen molar-refractivity contribution >= 4 is 23.4 Å². The molecule has 2 aromatic rings. The predicted molar refractivity (Wildman–Crippen MR) is 113 cm³/mol. The highest BCUT2D eigenvalue weighted by molar-refractivity contribution is 6.30. The van der Waals surface area contributed by atoms with E-state index in [1.807, 2.05) is 30.3 Å². The molecule has 1 atom stereocenters. The van der Waals surface area contributed by atoms with Crippen LogP contribution in [0.4, 0.5) is 0 Å². The lowest BCUT2D eigenvalue weighted by Gasteiger charge is -2.27. The number of ether oxygens (including phenoxy) is 2. The highest BCUT2D eigenvalue weighted by Crippen LogP contribution is 2.27. The van der Waals surface area contributed by atoms with Crippen LogP contribution in [0.5, 0.6) is 11.5 Å². The first-order valence-corrected chi connectivity index (χ1v) is 9.73. The van der Waals surface area contributed by atoms with Crippen LogP contribution in [-0.4, -0.2) is 43.5 Å². The molecule has 6 nitrogen and oxygen atoms in total. The average Bonchev–Trinajstić information content (AvgIpc) is 2.72. The molecule has 0 bridgehead atoms. The molecule has 0 heterocycles. The van der Waals surface area contributed by atoms with Crippen LogP contribution >= 0.6 is 11.6 Å². The summed E-state index contributed by atoms with van der Waals surface area (Å²) in [5.41, 5.74) is 1.93. The molecule has 0 radical (unpaired) electrons. The molecule has 0 aliphatic heterocycles. The summed E-state index contributed by atoms with van der Waals surface area (Å²) in [4.78, 5) is 26.2. The Morgan fingerprint density at radius 2 is 1.66 bits per heavy atom. The fraction of sp³-hybridized carbons (Fsp3) is 0.364. The lowest BCUT2D eigenvalue weighted by Crippen LogP contribution is -2.47. The molecule has 1 unspecified atom stereocenters. The Bertz CT molecular complexity index is 839. The van der Waals surface area contributed by atoms with Crippen LogP contribution in [0.3, 0.4) is 0 Å². The first-order valence-electron chi connectivity index (χ1n) is 9.36. The maximum atomic E-state index is 12.6. The molecule has 7 heteroatoms. The molecule has 2 rings (SSSR count). The molecule has 0 aliphatic carbocycles. The third-order valence-electron chi connectivity index (χ3n) is 4.68. The Kier molecular flexibility index (Phi) is 8.34. The van der Waals surface area contributed by atoms with Gasteiger partial charge in [-0.2, -0.15) is 0 Å². The van der Waals surface area contributed by atoms with Gasteiger partial charge in [0.2, 0.25) is 11.8 Å². The van der Waals surface area contributed by atoms with E-state index >= 15 is 0 Å².